The van der Waals surface area contributed by atoms with Crippen LogP contribution in [0.25, 0.3) is 10.9 Å². The first-order chi connectivity index (χ1) is 26.7. The van der Waals surface area contributed by atoms with Crippen LogP contribution in [-0.4, -0.2) is 92.0 Å². The summed E-state index contributed by atoms with van der Waals surface area (Å²) in [5.41, 5.74) is 0.952. The van der Waals surface area contributed by atoms with Crippen molar-refractivity contribution in [2.24, 2.45) is 0 Å². The number of likely N-dealkylation sites (tertiary alicyclic amines) is 2. The molecule has 1 atom stereocenters. The number of fused-ring (bicyclic) bond motifs is 1. The van der Waals surface area contributed by atoms with Crippen LogP contribution in [0.5, 0.6) is 5.75 Å². The number of pyridine rings is 1. The number of anilines is 1. The third-order valence-electron chi connectivity index (χ3n) is 12.2. The van der Waals surface area contributed by atoms with E-state index in [0.717, 1.165) is 51.3 Å². The van der Waals surface area contributed by atoms with E-state index in [4.69, 9.17) is 4.74 Å². The SMILES string of the molecule is CCCCCCCCCCCCOc1ccc(S(=O)(=O)c2cnc3ccc([S+](C)[O-])cc3c2N2CCC(N3CCC(N4CCCCC4)CC3)CC2)c(F)c1F. The fourth-order valence-corrected chi connectivity index (χ4v) is 11.0. The van der Waals surface area contributed by atoms with Gasteiger partial charge in [-0.3, -0.25) is 4.98 Å². The average Bonchev–Trinajstić information content (AvgIpc) is 3.21. The fourth-order valence-electron chi connectivity index (χ4n) is 8.92. The number of benzene rings is 2. The lowest BCUT2D eigenvalue weighted by Crippen LogP contribution is -2.52. The van der Waals surface area contributed by atoms with Crippen molar-refractivity contribution >= 4 is 37.6 Å². The van der Waals surface area contributed by atoms with E-state index in [0.29, 0.717) is 53.1 Å². The van der Waals surface area contributed by atoms with Crippen molar-refractivity contribution in [3.05, 3.63) is 48.2 Å². The highest BCUT2D eigenvalue weighted by Crippen LogP contribution is 2.40. The molecular weight excluding hydrogens is 739 g/mol. The molecule has 0 radical (unpaired) electrons. The number of unbranched alkanes of at least 4 members (excludes halogenated alkanes) is 9. The molecule has 0 saturated carbocycles. The lowest BCUT2D eigenvalue weighted by Gasteiger charge is -2.45. The summed E-state index contributed by atoms with van der Waals surface area (Å²) in [5, 5.41) is 0.534. The second kappa shape index (κ2) is 20.3. The minimum Gasteiger partial charge on any atom is -0.612 e. The Balaban J connectivity index is 1.14. The minimum atomic E-state index is -4.58. The van der Waals surface area contributed by atoms with Crippen LogP contribution < -0.4 is 9.64 Å². The highest BCUT2D eigenvalue weighted by molar-refractivity contribution is 7.91. The quantitative estimate of drug-likeness (QED) is 0.0930. The Morgan fingerprint density at radius 3 is 2.00 bits per heavy atom. The number of ether oxygens (including phenoxy) is 1. The second-order valence-electron chi connectivity index (χ2n) is 15.9. The van der Waals surface area contributed by atoms with Gasteiger partial charge < -0.3 is 24.0 Å². The van der Waals surface area contributed by atoms with E-state index in [2.05, 4.69) is 26.6 Å². The molecule has 0 N–H and O–H groups in total. The minimum absolute atomic E-state index is 0.183. The van der Waals surface area contributed by atoms with Gasteiger partial charge in [0.2, 0.25) is 15.7 Å². The maximum Gasteiger partial charge on any atom is 0.213 e. The van der Waals surface area contributed by atoms with Gasteiger partial charge in [0, 0.05) is 42.8 Å². The van der Waals surface area contributed by atoms with E-state index in [1.165, 1.54) is 96.0 Å². The van der Waals surface area contributed by atoms with E-state index < -0.39 is 37.5 Å². The topological polar surface area (TPSA) is 89.0 Å². The van der Waals surface area contributed by atoms with E-state index in [-0.39, 0.29) is 17.3 Å². The van der Waals surface area contributed by atoms with Crippen molar-refractivity contribution < 1.29 is 26.5 Å². The normalized spacial score (nSPS) is 19.0. The zero-order valence-corrected chi connectivity index (χ0v) is 34.7. The molecule has 1 aromatic heterocycles. The zero-order chi connectivity index (χ0) is 38.8. The summed E-state index contributed by atoms with van der Waals surface area (Å²) in [6.07, 6.45) is 22.3. The third-order valence-corrected chi connectivity index (χ3v) is 14.8. The molecule has 0 amide bonds. The van der Waals surface area contributed by atoms with E-state index in [1.807, 2.05) is 0 Å². The van der Waals surface area contributed by atoms with Crippen LogP contribution >= 0.6 is 0 Å². The van der Waals surface area contributed by atoms with E-state index >= 15 is 8.78 Å². The first-order valence-corrected chi connectivity index (χ1v) is 24.1. The van der Waals surface area contributed by atoms with Gasteiger partial charge in [0.05, 0.1) is 17.8 Å². The molecule has 3 aromatic rings. The number of piperidine rings is 3. The molecule has 4 heterocycles. The predicted molar refractivity (Wildman–Crippen MR) is 218 cm³/mol. The van der Waals surface area contributed by atoms with Gasteiger partial charge in [-0.2, -0.15) is 4.39 Å². The summed E-state index contributed by atoms with van der Waals surface area (Å²) in [5.74, 6) is -3.06. The van der Waals surface area contributed by atoms with Gasteiger partial charge in [-0.15, -0.1) is 0 Å². The molecule has 12 heteroatoms. The summed E-state index contributed by atoms with van der Waals surface area (Å²) < 4.78 is 78.3. The molecule has 0 bridgehead atoms. The number of hydrogen-bond donors (Lipinski definition) is 0. The van der Waals surface area contributed by atoms with E-state index in [9.17, 15) is 13.0 Å². The number of nitrogens with zero attached hydrogens (tertiary/aromatic N) is 4. The smallest absolute Gasteiger partial charge is 0.213 e. The standard InChI is InChI=1S/C43H62F2N4O4S2/c1-3-4-5-6-7-8-9-10-11-15-30-53-38-18-19-39(42(45)41(38)44)55(51,52)40-32-46-37-17-16-35(54(2)50)31-36(37)43(40)49-28-22-34(23-29-49)48-26-20-33(21-27-48)47-24-13-12-14-25-47/h16-19,31-34H,3-15,20-30H2,1-2H3. The molecule has 8 nitrogen and oxygen atoms in total. The Morgan fingerprint density at radius 2 is 1.36 bits per heavy atom. The molecule has 1 unspecified atom stereocenters. The van der Waals surface area contributed by atoms with Crippen LogP contribution in [0.3, 0.4) is 0 Å². The molecule has 0 aliphatic carbocycles. The zero-order valence-electron chi connectivity index (χ0n) is 33.1. The van der Waals surface area contributed by atoms with Crippen LogP contribution in [0.2, 0.25) is 0 Å². The maximum atomic E-state index is 15.8. The van der Waals surface area contributed by atoms with Crippen molar-refractivity contribution in [3.63, 3.8) is 0 Å². The number of hydrogen-bond acceptors (Lipinski definition) is 8. The van der Waals surface area contributed by atoms with Gasteiger partial charge >= 0.3 is 0 Å². The average molecular weight is 801 g/mol. The van der Waals surface area contributed by atoms with Crippen molar-refractivity contribution in [3.8, 4) is 5.75 Å². The van der Waals surface area contributed by atoms with Crippen molar-refractivity contribution in [1.29, 1.82) is 0 Å². The summed E-state index contributed by atoms with van der Waals surface area (Å²) in [6, 6.07) is 8.58. The summed E-state index contributed by atoms with van der Waals surface area (Å²) in [4.78, 5) is 11.4. The van der Waals surface area contributed by atoms with Crippen molar-refractivity contribution in [2.45, 2.75) is 143 Å². The Bertz CT molecular complexity index is 1790. The fraction of sp³-hybridized carbons (Fsp3) is 0.651. The molecule has 3 aliphatic heterocycles. The van der Waals surface area contributed by atoms with Crippen molar-refractivity contribution in [1.82, 2.24) is 14.8 Å². The van der Waals surface area contributed by atoms with Crippen LogP contribution in [0.4, 0.5) is 14.5 Å². The van der Waals surface area contributed by atoms with Gasteiger partial charge in [-0.25, -0.2) is 12.8 Å². The Kier molecular flexibility index (Phi) is 15.5. The molecule has 55 heavy (non-hydrogen) atoms. The van der Waals surface area contributed by atoms with Crippen LogP contribution in [0.15, 0.2) is 51.2 Å². The first kappa shape index (κ1) is 42.1. The van der Waals surface area contributed by atoms with Gasteiger partial charge in [-0.05, 0) is 107 Å². The van der Waals surface area contributed by atoms with Crippen LogP contribution in [0, 0.1) is 11.6 Å². The lowest BCUT2D eigenvalue weighted by molar-refractivity contribution is 0.0654. The molecule has 304 valence electrons. The largest absolute Gasteiger partial charge is 0.612 e. The molecule has 3 saturated heterocycles. The van der Waals surface area contributed by atoms with Gasteiger partial charge in [0.15, 0.2) is 16.5 Å². The van der Waals surface area contributed by atoms with Crippen molar-refractivity contribution in [2.75, 3.05) is 57.0 Å². The Morgan fingerprint density at radius 1 is 0.764 bits per heavy atom. The third kappa shape index (κ3) is 10.5. The number of aromatic nitrogens is 1. The Hall–Kier alpha value is -2.51. The van der Waals surface area contributed by atoms with Crippen LogP contribution in [0.1, 0.15) is 116 Å². The van der Waals surface area contributed by atoms with Crippen LogP contribution in [-0.2, 0) is 21.0 Å². The highest BCUT2D eigenvalue weighted by atomic mass is 32.2. The number of rotatable bonds is 18. The monoisotopic (exact) mass is 800 g/mol. The summed E-state index contributed by atoms with van der Waals surface area (Å²) in [7, 11) is -4.58. The number of halogens is 2. The summed E-state index contributed by atoms with van der Waals surface area (Å²) in [6.45, 7) is 8.21. The van der Waals surface area contributed by atoms with Gasteiger partial charge in [0.1, 0.15) is 16.0 Å². The lowest BCUT2D eigenvalue weighted by atomic mass is 9.95. The Labute approximate surface area is 331 Å². The predicted octanol–water partition coefficient (Wildman–Crippen LogP) is 9.30. The molecule has 2 aromatic carbocycles. The highest BCUT2D eigenvalue weighted by Gasteiger charge is 2.35. The first-order valence-electron chi connectivity index (χ1n) is 21.0. The molecule has 0 spiro atoms. The van der Waals surface area contributed by atoms with Gasteiger partial charge in [-0.1, -0.05) is 71.1 Å². The number of sulfone groups is 1. The molecular formula is C43H62F2N4O4S2. The van der Waals surface area contributed by atoms with E-state index in [1.54, 1.807) is 24.5 Å². The summed E-state index contributed by atoms with van der Waals surface area (Å²) >= 11 is -1.32. The molecule has 3 aliphatic rings. The molecule has 3 fully saturated rings. The molecule has 6 rings (SSSR count). The maximum absolute atomic E-state index is 15.8. The van der Waals surface area contributed by atoms with Gasteiger partial charge in [0.25, 0.3) is 0 Å². The second-order valence-corrected chi connectivity index (χ2v) is 19.2.